The quantitative estimate of drug-likeness (QED) is 0.683. The van der Waals surface area contributed by atoms with E-state index in [1.807, 2.05) is 42.5 Å². The van der Waals surface area contributed by atoms with Gasteiger partial charge in [-0.3, -0.25) is 10.1 Å². The fraction of sp³-hybridized carbons (Fsp3) is 0.118. The summed E-state index contributed by atoms with van der Waals surface area (Å²) in [5, 5.41) is 3.12. The smallest absolute Gasteiger partial charge is 0.181 e. The van der Waals surface area contributed by atoms with Crippen molar-refractivity contribution in [3.8, 4) is 0 Å². The summed E-state index contributed by atoms with van der Waals surface area (Å²) in [7, 11) is 0. The van der Waals surface area contributed by atoms with Crippen molar-refractivity contribution in [2.45, 2.75) is 12.1 Å². The van der Waals surface area contributed by atoms with Gasteiger partial charge in [-0.2, -0.15) is 0 Å². The average Bonchev–Trinajstić information content (AvgIpc) is 3.26. The van der Waals surface area contributed by atoms with Crippen LogP contribution in [0.1, 0.15) is 15.9 Å². The first-order chi connectivity index (χ1) is 9.74. The van der Waals surface area contributed by atoms with E-state index in [-0.39, 0.29) is 23.7 Å². The third-order valence-corrected chi connectivity index (χ3v) is 3.33. The Balaban J connectivity index is 1.63. The van der Waals surface area contributed by atoms with E-state index in [1.165, 1.54) is 24.3 Å². The number of nitrogens with one attached hydrogen (secondary N) is 1. The molecule has 0 aliphatic carbocycles. The minimum atomic E-state index is -0.328. The minimum absolute atomic E-state index is 0.00714. The largest absolute Gasteiger partial charge is 0.297 e. The number of ketones is 1. The number of halogens is 1. The molecule has 0 radical (unpaired) electrons. The zero-order chi connectivity index (χ0) is 13.9. The van der Waals surface area contributed by atoms with Gasteiger partial charge in [-0.15, -0.1) is 0 Å². The van der Waals surface area contributed by atoms with Gasteiger partial charge >= 0.3 is 0 Å². The van der Waals surface area contributed by atoms with Gasteiger partial charge < -0.3 is 0 Å². The van der Waals surface area contributed by atoms with Gasteiger partial charge in [0, 0.05) is 11.6 Å². The Labute approximate surface area is 116 Å². The Morgan fingerprint density at radius 1 is 1.05 bits per heavy atom. The number of carbonyl (C=O) groups is 1. The maximum atomic E-state index is 12.8. The first-order valence-corrected chi connectivity index (χ1v) is 6.53. The lowest BCUT2D eigenvalue weighted by molar-refractivity contribution is 0.0989. The third kappa shape index (κ3) is 2.83. The number of benzene rings is 2. The van der Waals surface area contributed by atoms with Gasteiger partial charge in [0.25, 0.3) is 0 Å². The summed E-state index contributed by atoms with van der Waals surface area (Å²) >= 11 is 0. The molecule has 1 N–H and O–H groups in total. The molecule has 2 aromatic rings. The number of hydrogen-bond donors (Lipinski definition) is 1. The number of Topliss-reactive ketones (excluding diaryl/α,β-unsaturated/α-hetero) is 1. The van der Waals surface area contributed by atoms with Crippen LogP contribution in [-0.2, 0) is 0 Å². The molecule has 3 heteroatoms. The highest BCUT2D eigenvalue weighted by Gasteiger charge is 2.40. The lowest BCUT2D eigenvalue weighted by Gasteiger charge is -1.97. The monoisotopic (exact) mass is 267 g/mol. The lowest BCUT2D eigenvalue weighted by Crippen LogP contribution is -2.10. The topological polar surface area (TPSA) is 39.0 Å². The molecule has 2 aromatic carbocycles. The van der Waals surface area contributed by atoms with Gasteiger partial charge in [0.1, 0.15) is 5.82 Å². The van der Waals surface area contributed by atoms with Crippen molar-refractivity contribution >= 4 is 11.9 Å². The molecule has 2 nitrogen and oxygen atoms in total. The van der Waals surface area contributed by atoms with E-state index < -0.39 is 0 Å². The van der Waals surface area contributed by atoms with Gasteiger partial charge in [0.2, 0.25) is 0 Å². The molecule has 0 amide bonds. The molecule has 3 rings (SSSR count). The van der Waals surface area contributed by atoms with Crippen LogP contribution in [0.4, 0.5) is 4.39 Å². The van der Waals surface area contributed by atoms with Crippen LogP contribution >= 0.6 is 0 Å². The Morgan fingerprint density at radius 3 is 2.45 bits per heavy atom. The Morgan fingerprint density at radius 2 is 1.75 bits per heavy atom. The minimum Gasteiger partial charge on any atom is -0.297 e. The van der Waals surface area contributed by atoms with E-state index in [1.54, 1.807) is 0 Å². The summed E-state index contributed by atoms with van der Waals surface area (Å²) in [6.45, 7) is 0. The first kappa shape index (κ1) is 12.8. The lowest BCUT2D eigenvalue weighted by atomic mass is 10.1. The molecule has 100 valence electrons. The fourth-order valence-electron chi connectivity index (χ4n) is 2.13. The predicted octanol–water partition coefficient (Wildman–Crippen LogP) is 3.06. The molecule has 1 heterocycles. The average molecular weight is 267 g/mol. The maximum absolute atomic E-state index is 12.8. The van der Waals surface area contributed by atoms with Gasteiger partial charge in [0.15, 0.2) is 5.78 Å². The van der Waals surface area contributed by atoms with Crippen molar-refractivity contribution in [3.05, 3.63) is 77.6 Å². The fourth-order valence-corrected chi connectivity index (χ4v) is 2.13. The molecule has 1 saturated heterocycles. The molecule has 0 saturated carbocycles. The van der Waals surface area contributed by atoms with E-state index in [0.29, 0.717) is 5.56 Å². The molecule has 1 aliphatic rings. The number of carbonyl (C=O) groups excluding carboxylic acids is 1. The van der Waals surface area contributed by atoms with Gasteiger partial charge in [-0.05, 0) is 29.8 Å². The van der Waals surface area contributed by atoms with E-state index in [2.05, 4.69) is 5.32 Å². The highest BCUT2D eigenvalue weighted by atomic mass is 19.1. The Kier molecular flexibility index (Phi) is 3.44. The van der Waals surface area contributed by atoms with Crippen LogP contribution in [0.15, 0.2) is 60.7 Å². The van der Waals surface area contributed by atoms with Crippen LogP contribution in [0.3, 0.4) is 0 Å². The molecule has 0 aromatic heterocycles. The molecular weight excluding hydrogens is 253 g/mol. The molecule has 20 heavy (non-hydrogen) atoms. The van der Waals surface area contributed by atoms with Crippen molar-refractivity contribution in [1.29, 1.82) is 0 Å². The van der Waals surface area contributed by atoms with Crippen molar-refractivity contribution in [3.63, 3.8) is 0 Å². The third-order valence-electron chi connectivity index (χ3n) is 3.33. The molecule has 1 fully saturated rings. The van der Waals surface area contributed by atoms with E-state index >= 15 is 0 Å². The van der Waals surface area contributed by atoms with Gasteiger partial charge in [0.05, 0.1) is 6.04 Å². The zero-order valence-electron chi connectivity index (χ0n) is 10.8. The SMILES string of the molecule is O=C(c1ccc(F)cc1)[C@H]1N[C@@H]1/C=C/c1ccccc1. The summed E-state index contributed by atoms with van der Waals surface area (Å²) in [5.41, 5.74) is 1.65. The highest BCUT2D eigenvalue weighted by Crippen LogP contribution is 2.19. The van der Waals surface area contributed by atoms with Crippen LogP contribution < -0.4 is 5.32 Å². The van der Waals surface area contributed by atoms with Crippen LogP contribution in [0, 0.1) is 5.82 Å². The van der Waals surface area contributed by atoms with E-state index in [4.69, 9.17) is 0 Å². The summed E-state index contributed by atoms with van der Waals surface area (Å²) < 4.78 is 12.8. The molecular formula is C17H14FNO. The zero-order valence-corrected chi connectivity index (χ0v) is 10.8. The molecule has 0 bridgehead atoms. The van der Waals surface area contributed by atoms with Gasteiger partial charge in [-0.1, -0.05) is 42.5 Å². The summed E-state index contributed by atoms with van der Waals surface area (Å²) in [5.74, 6) is -0.321. The maximum Gasteiger partial charge on any atom is 0.181 e. The van der Waals surface area contributed by atoms with Crippen molar-refractivity contribution in [1.82, 2.24) is 5.32 Å². The summed E-state index contributed by atoms with van der Waals surface area (Å²) in [6.07, 6.45) is 3.98. The molecule has 0 unspecified atom stereocenters. The number of rotatable bonds is 4. The first-order valence-electron chi connectivity index (χ1n) is 6.53. The van der Waals surface area contributed by atoms with Crippen LogP contribution in [0.5, 0.6) is 0 Å². The number of hydrogen-bond acceptors (Lipinski definition) is 2. The standard InChI is InChI=1S/C17H14FNO/c18-14-9-7-13(8-10-14)17(20)16-15(19-16)11-6-12-4-2-1-3-5-12/h1-11,15-16,19H/b11-6+/t15-,16+/m1/s1. The van der Waals surface area contributed by atoms with Crippen molar-refractivity contribution in [2.75, 3.05) is 0 Å². The van der Waals surface area contributed by atoms with Crippen LogP contribution in [0.2, 0.25) is 0 Å². The highest BCUT2D eigenvalue weighted by molar-refractivity contribution is 6.03. The predicted molar refractivity (Wildman–Crippen MR) is 76.9 cm³/mol. The summed E-state index contributed by atoms with van der Waals surface area (Å²) in [6, 6.07) is 15.5. The normalized spacial score (nSPS) is 21.1. The molecule has 1 aliphatic heterocycles. The summed E-state index contributed by atoms with van der Waals surface area (Å²) in [4.78, 5) is 12.1. The van der Waals surface area contributed by atoms with Gasteiger partial charge in [-0.25, -0.2) is 4.39 Å². The van der Waals surface area contributed by atoms with Crippen molar-refractivity contribution < 1.29 is 9.18 Å². The van der Waals surface area contributed by atoms with Crippen LogP contribution in [0.25, 0.3) is 6.08 Å². The Bertz CT molecular complexity index is 634. The Hall–Kier alpha value is -2.26. The van der Waals surface area contributed by atoms with E-state index in [9.17, 15) is 9.18 Å². The molecule has 0 spiro atoms. The second-order valence-electron chi connectivity index (χ2n) is 4.81. The van der Waals surface area contributed by atoms with Crippen LogP contribution in [-0.4, -0.2) is 17.9 Å². The second kappa shape index (κ2) is 5.39. The van der Waals surface area contributed by atoms with E-state index in [0.717, 1.165) is 5.56 Å². The second-order valence-corrected chi connectivity index (χ2v) is 4.81. The molecule has 2 atom stereocenters. The van der Waals surface area contributed by atoms with Crippen molar-refractivity contribution in [2.24, 2.45) is 0 Å².